The van der Waals surface area contributed by atoms with Gasteiger partial charge in [-0.3, -0.25) is 4.79 Å². The summed E-state index contributed by atoms with van der Waals surface area (Å²) in [5.41, 5.74) is 5.43. The average molecular weight is 282 g/mol. The van der Waals surface area contributed by atoms with E-state index in [0.29, 0.717) is 24.6 Å². The van der Waals surface area contributed by atoms with Gasteiger partial charge in [0.1, 0.15) is 5.76 Å². The zero-order valence-electron chi connectivity index (χ0n) is 13.0. The second-order valence-electron chi connectivity index (χ2n) is 6.13. The van der Waals surface area contributed by atoms with Gasteiger partial charge in [0.25, 0.3) is 0 Å². The third-order valence-corrected chi connectivity index (χ3v) is 3.66. The van der Waals surface area contributed by atoms with Crippen LogP contribution in [0.5, 0.6) is 0 Å². The number of rotatable bonds is 9. The van der Waals surface area contributed by atoms with Crippen molar-refractivity contribution in [1.82, 2.24) is 5.32 Å². The van der Waals surface area contributed by atoms with E-state index in [9.17, 15) is 4.79 Å². The topological polar surface area (TPSA) is 64.3 Å². The van der Waals surface area contributed by atoms with Crippen molar-refractivity contribution in [2.24, 2.45) is 11.7 Å². The lowest BCUT2D eigenvalue weighted by molar-refractivity contribution is -0.122. The molecular formula is C16H30N2O2. The minimum atomic E-state index is -0.0825. The fraction of sp³-hybridized carbons (Fsp3) is 0.812. The summed E-state index contributed by atoms with van der Waals surface area (Å²) in [5.74, 6) is 1.24. The van der Waals surface area contributed by atoms with Crippen LogP contribution in [-0.4, -0.2) is 24.6 Å². The van der Waals surface area contributed by atoms with Crippen LogP contribution in [-0.2, 0) is 9.53 Å². The fourth-order valence-electron chi connectivity index (χ4n) is 2.57. The average Bonchev–Trinajstić information content (AvgIpc) is 2.87. The van der Waals surface area contributed by atoms with Gasteiger partial charge in [0.15, 0.2) is 0 Å². The minimum Gasteiger partial charge on any atom is -0.493 e. The van der Waals surface area contributed by atoms with Crippen molar-refractivity contribution in [3.8, 4) is 0 Å². The second-order valence-corrected chi connectivity index (χ2v) is 6.13. The van der Waals surface area contributed by atoms with Crippen LogP contribution in [0.1, 0.15) is 58.8 Å². The zero-order chi connectivity index (χ0) is 15.0. The number of nitrogens with two attached hydrogens (primary N) is 1. The van der Waals surface area contributed by atoms with E-state index in [-0.39, 0.29) is 18.1 Å². The van der Waals surface area contributed by atoms with Crippen molar-refractivity contribution in [2.45, 2.75) is 70.9 Å². The normalized spacial score (nSPS) is 17.2. The van der Waals surface area contributed by atoms with Crippen LogP contribution in [0.25, 0.3) is 0 Å². The molecule has 1 atom stereocenters. The Hall–Kier alpha value is -1.03. The molecule has 1 aliphatic carbocycles. The van der Waals surface area contributed by atoms with Gasteiger partial charge in [-0.15, -0.1) is 0 Å². The Morgan fingerprint density at radius 3 is 2.60 bits per heavy atom. The summed E-state index contributed by atoms with van der Waals surface area (Å²) in [5, 5.41) is 3.04. The molecular weight excluding hydrogens is 252 g/mol. The van der Waals surface area contributed by atoms with Gasteiger partial charge in [-0.05, 0) is 51.0 Å². The van der Waals surface area contributed by atoms with Crippen LogP contribution in [0.4, 0.5) is 0 Å². The first kappa shape index (κ1) is 17.0. The molecule has 116 valence electrons. The van der Waals surface area contributed by atoms with Crippen molar-refractivity contribution in [1.29, 1.82) is 0 Å². The van der Waals surface area contributed by atoms with E-state index in [4.69, 9.17) is 10.5 Å². The Morgan fingerprint density at radius 2 is 2.05 bits per heavy atom. The Morgan fingerprint density at radius 1 is 1.40 bits per heavy atom. The molecule has 1 rings (SSSR count). The summed E-state index contributed by atoms with van der Waals surface area (Å²) in [6.07, 6.45) is 7.02. The van der Waals surface area contributed by atoms with Crippen LogP contribution in [0.3, 0.4) is 0 Å². The SMILES string of the molecule is C=C(OC1CCCC1)C(CC(C)C)NC(=O)CCCN. The van der Waals surface area contributed by atoms with Gasteiger partial charge in [-0.25, -0.2) is 0 Å². The lowest BCUT2D eigenvalue weighted by atomic mass is 10.0. The lowest BCUT2D eigenvalue weighted by Gasteiger charge is -2.25. The molecule has 0 aromatic carbocycles. The molecule has 4 heteroatoms. The molecule has 1 amide bonds. The zero-order valence-corrected chi connectivity index (χ0v) is 13.0. The van der Waals surface area contributed by atoms with Crippen LogP contribution in [0.2, 0.25) is 0 Å². The Labute approximate surface area is 123 Å². The highest BCUT2D eigenvalue weighted by Crippen LogP contribution is 2.25. The molecule has 0 heterocycles. The Bertz CT molecular complexity index is 310. The predicted octanol–water partition coefficient (Wildman–Crippen LogP) is 2.73. The van der Waals surface area contributed by atoms with E-state index >= 15 is 0 Å². The van der Waals surface area contributed by atoms with Crippen LogP contribution >= 0.6 is 0 Å². The van der Waals surface area contributed by atoms with Gasteiger partial charge >= 0.3 is 0 Å². The van der Waals surface area contributed by atoms with Gasteiger partial charge in [0, 0.05) is 6.42 Å². The number of ether oxygens (including phenoxy) is 1. The summed E-state index contributed by atoms with van der Waals surface area (Å²) in [6.45, 7) is 8.87. The van der Waals surface area contributed by atoms with Gasteiger partial charge < -0.3 is 15.8 Å². The smallest absolute Gasteiger partial charge is 0.220 e. The quantitative estimate of drug-likeness (QED) is 0.639. The third kappa shape index (κ3) is 6.42. The molecule has 3 N–H and O–H groups in total. The molecule has 0 aliphatic heterocycles. The Balaban J connectivity index is 2.48. The number of amides is 1. The van der Waals surface area contributed by atoms with E-state index in [1.807, 2.05) is 0 Å². The van der Waals surface area contributed by atoms with Crippen molar-refractivity contribution >= 4 is 5.91 Å². The van der Waals surface area contributed by atoms with E-state index in [2.05, 4.69) is 25.7 Å². The minimum absolute atomic E-state index is 0.0391. The summed E-state index contributed by atoms with van der Waals surface area (Å²) in [7, 11) is 0. The largest absolute Gasteiger partial charge is 0.493 e. The van der Waals surface area contributed by atoms with E-state index in [1.165, 1.54) is 12.8 Å². The lowest BCUT2D eigenvalue weighted by Crippen LogP contribution is -2.38. The molecule has 0 bridgehead atoms. The first-order chi connectivity index (χ1) is 9.52. The maximum absolute atomic E-state index is 11.9. The van der Waals surface area contributed by atoms with Crippen LogP contribution in [0, 0.1) is 5.92 Å². The molecule has 1 fully saturated rings. The van der Waals surface area contributed by atoms with Crippen molar-refractivity contribution in [3.05, 3.63) is 12.3 Å². The van der Waals surface area contributed by atoms with Crippen molar-refractivity contribution < 1.29 is 9.53 Å². The van der Waals surface area contributed by atoms with Crippen LogP contribution in [0.15, 0.2) is 12.3 Å². The molecule has 4 nitrogen and oxygen atoms in total. The molecule has 1 saturated carbocycles. The van der Waals surface area contributed by atoms with Gasteiger partial charge in [0.05, 0.1) is 12.1 Å². The molecule has 1 unspecified atom stereocenters. The van der Waals surface area contributed by atoms with Crippen LogP contribution < -0.4 is 11.1 Å². The van der Waals surface area contributed by atoms with Gasteiger partial charge in [0.2, 0.25) is 5.91 Å². The number of hydrogen-bond donors (Lipinski definition) is 2. The van der Waals surface area contributed by atoms with E-state index in [1.54, 1.807) is 0 Å². The molecule has 1 aliphatic rings. The third-order valence-electron chi connectivity index (χ3n) is 3.66. The highest BCUT2D eigenvalue weighted by Gasteiger charge is 2.23. The maximum atomic E-state index is 11.9. The Kier molecular flexibility index (Phi) is 7.67. The highest BCUT2D eigenvalue weighted by atomic mass is 16.5. The first-order valence-electron chi connectivity index (χ1n) is 7.87. The monoisotopic (exact) mass is 282 g/mol. The molecule has 20 heavy (non-hydrogen) atoms. The molecule has 0 radical (unpaired) electrons. The molecule has 0 spiro atoms. The summed E-state index contributed by atoms with van der Waals surface area (Å²) in [4.78, 5) is 11.9. The molecule has 0 aromatic rings. The van der Waals surface area contributed by atoms with E-state index in [0.717, 1.165) is 25.7 Å². The first-order valence-corrected chi connectivity index (χ1v) is 7.87. The maximum Gasteiger partial charge on any atom is 0.220 e. The van der Waals surface area contributed by atoms with Gasteiger partial charge in [-0.1, -0.05) is 20.4 Å². The molecule has 0 saturated heterocycles. The number of hydrogen-bond acceptors (Lipinski definition) is 3. The summed E-state index contributed by atoms with van der Waals surface area (Å²) >= 11 is 0. The summed E-state index contributed by atoms with van der Waals surface area (Å²) < 4.78 is 5.95. The van der Waals surface area contributed by atoms with Crippen molar-refractivity contribution in [3.63, 3.8) is 0 Å². The number of carbonyl (C=O) groups is 1. The number of nitrogens with one attached hydrogen (secondary N) is 1. The molecule has 0 aromatic heterocycles. The van der Waals surface area contributed by atoms with E-state index < -0.39 is 0 Å². The highest BCUT2D eigenvalue weighted by molar-refractivity contribution is 5.76. The standard InChI is InChI=1S/C16H30N2O2/c1-12(2)11-15(18-16(19)9-6-10-17)13(3)20-14-7-4-5-8-14/h12,14-15H,3-11,17H2,1-2H3,(H,18,19). The second kappa shape index (κ2) is 9.01. The number of carbonyl (C=O) groups excluding carboxylic acids is 1. The fourth-order valence-corrected chi connectivity index (χ4v) is 2.57. The van der Waals surface area contributed by atoms with Crippen molar-refractivity contribution in [2.75, 3.05) is 6.54 Å². The summed E-state index contributed by atoms with van der Waals surface area (Å²) in [6, 6.07) is -0.0825. The predicted molar refractivity (Wildman–Crippen MR) is 82.2 cm³/mol. The van der Waals surface area contributed by atoms with Gasteiger partial charge in [-0.2, -0.15) is 0 Å².